The third kappa shape index (κ3) is 2.04. The van der Waals surface area contributed by atoms with E-state index in [1.54, 1.807) is 6.07 Å². The van der Waals surface area contributed by atoms with Crippen LogP contribution in [-0.2, 0) is 0 Å². The molecule has 0 radical (unpaired) electrons. The molecule has 6 nitrogen and oxygen atoms in total. The molecule has 0 fully saturated rings. The summed E-state index contributed by atoms with van der Waals surface area (Å²) in [6.07, 6.45) is -0.250. The molecule has 13 heavy (non-hydrogen) atoms. The molecule has 0 spiro atoms. The number of anilines is 1. The van der Waals surface area contributed by atoms with Gasteiger partial charge in [0.15, 0.2) is 11.0 Å². The predicted octanol–water partition coefficient (Wildman–Crippen LogP) is 1.09. The van der Waals surface area contributed by atoms with Crippen molar-refractivity contribution in [1.29, 1.82) is 5.26 Å². The Morgan fingerprint density at radius 2 is 2.38 bits per heavy atom. The van der Waals surface area contributed by atoms with E-state index >= 15 is 0 Å². The summed E-state index contributed by atoms with van der Waals surface area (Å²) in [5, 5.41) is 18.8. The molecule has 0 saturated carbocycles. The number of carboxylic acid groups (broad SMARTS) is 1. The number of amides is 1. The third-order valence-electron chi connectivity index (χ3n) is 1.14. The van der Waals surface area contributed by atoms with Crippen molar-refractivity contribution in [1.82, 2.24) is 9.97 Å². The van der Waals surface area contributed by atoms with Gasteiger partial charge in [-0.15, -0.1) is 0 Å². The molecule has 0 aliphatic rings. The molecule has 1 aromatic rings. The van der Waals surface area contributed by atoms with Crippen molar-refractivity contribution >= 4 is 23.5 Å². The summed E-state index contributed by atoms with van der Waals surface area (Å²) in [5.41, 5.74) is -0.0911. The van der Waals surface area contributed by atoms with Crippen LogP contribution in [-0.4, -0.2) is 21.2 Å². The summed E-state index contributed by atoms with van der Waals surface area (Å²) in [4.78, 5) is 17.3. The minimum atomic E-state index is -1.31. The van der Waals surface area contributed by atoms with E-state index in [-0.39, 0.29) is 16.5 Å². The molecule has 0 unspecified atom stereocenters. The topological polar surface area (TPSA) is 98.9 Å². The Hall–Kier alpha value is -1.87. The lowest BCUT2D eigenvalue weighted by Gasteiger charge is -2.01. The number of hydrogen-bond donors (Lipinski definition) is 2. The Morgan fingerprint density at radius 3 is 2.92 bits per heavy atom. The van der Waals surface area contributed by atoms with Crippen LogP contribution in [0.3, 0.4) is 0 Å². The summed E-state index contributed by atoms with van der Waals surface area (Å²) < 4.78 is 0. The zero-order valence-electron chi connectivity index (χ0n) is 6.15. The van der Waals surface area contributed by atoms with E-state index in [4.69, 9.17) is 22.0 Å². The standard InChI is InChI=1S/C6H3ClN4O2/c7-4-3(1-8)5(10-2-9-4)11-6(12)13/h2H,(H,12,13)(H,9,10,11). The Kier molecular flexibility index (Phi) is 2.62. The normalized spacial score (nSPS) is 8.92. The van der Waals surface area contributed by atoms with Gasteiger partial charge in [0.2, 0.25) is 0 Å². The van der Waals surface area contributed by atoms with Gasteiger partial charge in [-0.2, -0.15) is 5.26 Å². The molecule has 0 aromatic carbocycles. The van der Waals surface area contributed by atoms with Crippen LogP contribution in [0.1, 0.15) is 5.56 Å². The molecule has 0 aliphatic heterocycles. The molecule has 0 saturated heterocycles. The maximum Gasteiger partial charge on any atom is 0.410 e. The molecule has 0 aliphatic carbocycles. The van der Waals surface area contributed by atoms with Crippen molar-refractivity contribution in [2.45, 2.75) is 0 Å². The van der Waals surface area contributed by atoms with Crippen LogP contribution in [0.2, 0.25) is 5.15 Å². The van der Waals surface area contributed by atoms with Gasteiger partial charge in [0.05, 0.1) is 0 Å². The second-order valence-corrected chi connectivity index (χ2v) is 2.29. The maximum atomic E-state index is 10.2. The van der Waals surface area contributed by atoms with Crippen LogP contribution in [0.5, 0.6) is 0 Å². The molecule has 2 N–H and O–H groups in total. The van der Waals surface area contributed by atoms with Crippen LogP contribution >= 0.6 is 11.6 Å². The quantitative estimate of drug-likeness (QED) is 0.658. The zero-order valence-corrected chi connectivity index (χ0v) is 6.91. The number of nitrogens with zero attached hydrogens (tertiary/aromatic N) is 3. The highest BCUT2D eigenvalue weighted by Crippen LogP contribution is 2.17. The van der Waals surface area contributed by atoms with E-state index in [2.05, 4.69) is 9.97 Å². The van der Waals surface area contributed by atoms with E-state index < -0.39 is 6.09 Å². The van der Waals surface area contributed by atoms with Gasteiger partial charge in [0.25, 0.3) is 0 Å². The van der Waals surface area contributed by atoms with Crippen molar-refractivity contribution < 1.29 is 9.90 Å². The number of hydrogen-bond acceptors (Lipinski definition) is 4. The molecule has 0 atom stereocenters. The summed E-state index contributed by atoms with van der Waals surface area (Å²) in [6, 6.07) is 1.69. The summed E-state index contributed by atoms with van der Waals surface area (Å²) in [6.45, 7) is 0. The largest absolute Gasteiger partial charge is 0.465 e. The molecular weight excluding hydrogens is 196 g/mol. The highest BCUT2D eigenvalue weighted by atomic mass is 35.5. The van der Waals surface area contributed by atoms with Gasteiger partial charge in [-0.3, -0.25) is 5.32 Å². The number of nitrogens with one attached hydrogen (secondary N) is 1. The average Bonchev–Trinajstić information content (AvgIpc) is 2.03. The van der Waals surface area contributed by atoms with Crippen LogP contribution in [0, 0.1) is 11.3 Å². The maximum absolute atomic E-state index is 10.2. The van der Waals surface area contributed by atoms with Gasteiger partial charge >= 0.3 is 6.09 Å². The minimum Gasteiger partial charge on any atom is -0.465 e. The van der Waals surface area contributed by atoms with Crippen molar-refractivity contribution in [3.63, 3.8) is 0 Å². The summed E-state index contributed by atoms with van der Waals surface area (Å²) in [5.74, 6) is -0.116. The average molecular weight is 199 g/mol. The van der Waals surface area contributed by atoms with Crippen molar-refractivity contribution in [2.75, 3.05) is 5.32 Å². The van der Waals surface area contributed by atoms with E-state index in [0.717, 1.165) is 6.33 Å². The fourth-order valence-electron chi connectivity index (χ4n) is 0.659. The fourth-order valence-corrected chi connectivity index (χ4v) is 0.835. The number of aromatic nitrogens is 2. The summed E-state index contributed by atoms with van der Waals surface area (Å²) in [7, 11) is 0. The van der Waals surface area contributed by atoms with Crippen LogP contribution in [0.15, 0.2) is 6.33 Å². The Bertz CT molecular complexity index is 387. The SMILES string of the molecule is N#Cc1c(Cl)ncnc1NC(=O)O. The lowest BCUT2D eigenvalue weighted by Crippen LogP contribution is -2.10. The first-order valence-corrected chi connectivity index (χ1v) is 3.43. The first kappa shape index (κ1) is 9.22. The molecule has 1 aromatic heterocycles. The first-order chi connectivity index (χ1) is 6.15. The van der Waals surface area contributed by atoms with Crippen molar-refractivity contribution in [3.05, 3.63) is 17.0 Å². The third-order valence-corrected chi connectivity index (χ3v) is 1.42. The zero-order chi connectivity index (χ0) is 9.84. The van der Waals surface area contributed by atoms with Gasteiger partial charge in [-0.1, -0.05) is 11.6 Å². The van der Waals surface area contributed by atoms with E-state index in [9.17, 15) is 4.79 Å². The Labute approximate surface area is 77.8 Å². The minimum absolute atomic E-state index is 0.0822. The molecule has 1 rings (SSSR count). The summed E-state index contributed by atoms with van der Waals surface area (Å²) >= 11 is 5.51. The van der Waals surface area contributed by atoms with Crippen LogP contribution < -0.4 is 5.32 Å². The molecule has 1 heterocycles. The number of rotatable bonds is 1. The molecule has 7 heteroatoms. The highest BCUT2D eigenvalue weighted by Gasteiger charge is 2.10. The van der Waals surface area contributed by atoms with Gasteiger partial charge < -0.3 is 5.11 Å². The molecular formula is C6H3ClN4O2. The highest BCUT2D eigenvalue weighted by molar-refractivity contribution is 6.30. The van der Waals surface area contributed by atoms with E-state index in [0.29, 0.717) is 0 Å². The van der Waals surface area contributed by atoms with Crippen molar-refractivity contribution in [3.8, 4) is 6.07 Å². The number of carbonyl (C=O) groups is 1. The second kappa shape index (κ2) is 3.69. The molecule has 1 amide bonds. The monoisotopic (exact) mass is 198 g/mol. The number of nitriles is 1. The van der Waals surface area contributed by atoms with Gasteiger partial charge in [0.1, 0.15) is 18.0 Å². The van der Waals surface area contributed by atoms with Gasteiger partial charge in [-0.05, 0) is 0 Å². The smallest absolute Gasteiger partial charge is 0.410 e. The van der Waals surface area contributed by atoms with Crippen LogP contribution in [0.25, 0.3) is 0 Å². The first-order valence-electron chi connectivity index (χ1n) is 3.05. The second-order valence-electron chi connectivity index (χ2n) is 1.93. The molecule has 66 valence electrons. The van der Waals surface area contributed by atoms with E-state index in [1.165, 1.54) is 0 Å². The van der Waals surface area contributed by atoms with Gasteiger partial charge in [-0.25, -0.2) is 14.8 Å². The van der Waals surface area contributed by atoms with Crippen molar-refractivity contribution in [2.24, 2.45) is 0 Å². The van der Waals surface area contributed by atoms with Gasteiger partial charge in [0, 0.05) is 0 Å². The Balaban J connectivity index is 3.14. The lowest BCUT2D eigenvalue weighted by molar-refractivity contribution is 0.209. The fraction of sp³-hybridized carbons (Fsp3) is 0. The lowest BCUT2D eigenvalue weighted by atomic mass is 10.3. The predicted molar refractivity (Wildman–Crippen MR) is 43.4 cm³/mol. The molecule has 0 bridgehead atoms. The Morgan fingerprint density at radius 1 is 1.69 bits per heavy atom. The number of halogens is 1. The van der Waals surface area contributed by atoms with E-state index in [1.807, 2.05) is 5.32 Å². The van der Waals surface area contributed by atoms with Crippen LogP contribution in [0.4, 0.5) is 10.6 Å².